The topological polar surface area (TPSA) is 70.2 Å². The first-order valence-electron chi connectivity index (χ1n) is 7.06. The molecule has 0 aromatic rings. The molecule has 5 heteroatoms. The summed E-state index contributed by atoms with van der Waals surface area (Å²) in [6, 6.07) is 0.143. The van der Waals surface area contributed by atoms with Crippen molar-refractivity contribution >= 4 is 11.8 Å². The summed E-state index contributed by atoms with van der Waals surface area (Å²) in [7, 11) is 0. The van der Waals surface area contributed by atoms with E-state index in [9.17, 15) is 9.59 Å². The van der Waals surface area contributed by atoms with Gasteiger partial charge in [0.1, 0.15) is 6.04 Å². The Bertz CT molecular complexity index is 301. The van der Waals surface area contributed by atoms with Gasteiger partial charge in [-0.15, -0.1) is 0 Å². The molecule has 3 N–H and O–H groups in total. The van der Waals surface area contributed by atoms with Crippen LogP contribution in [0, 0.1) is 0 Å². The fraction of sp³-hybridized carbons (Fsp3) is 0.846. The molecule has 1 aliphatic carbocycles. The average molecular weight is 253 g/mol. The Morgan fingerprint density at radius 2 is 1.89 bits per heavy atom. The molecule has 1 saturated heterocycles. The maximum absolute atomic E-state index is 11.8. The molecule has 0 aromatic heterocycles. The predicted octanol–water partition coefficient (Wildman–Crippen LogP) is 0.303. The number of amides is 2. The standard InChI is InChI=1S/C13H23N3O2/c17-12(9-15-10-5-1-2-6-10)16-11-7-3-4-8-14-13(11)18/h10-11,15H,1-9H2,(H,14,18)(H,16,17). The Morgan fingerprint density at radius 3 is 2.67 bits per heavy atom. The van der Waals surface area contributed by atoms with Crippen molar-refractivity contribution in [2.24, 2.45) is 0 Å². The van der Waals surface area contributed by atoms with Crippen LogP contribution in [-0.4, -0.2) is 37.0 Å². The van der Waals surface area contributed by atoms with Gasteiger partial charge in [0.15, 0.2) is 0 Å². The first-order chi connectivity index (χ1) is 8.75. The van der Waals surface area contributed by atoms with Gasteiger partial charge >= 0.3 is 0 Å². The highest BCUT2D eigenvalue weighted by Crippen LogP contribution is 2.17. The third-order valence-electron chi connectivity index (χ3n) is 3.78. The summed E-state index contributed by atoms with van der Waals surface area (Å²) in [5.41, 5.74) is 0. The molecule has 0 aromatic carbocycles. The zero-order valence-corrected chi connectivity index (χ0v) is 10.8. The lowest BCUT2D eigenvalue weighted by Crippen LogP contribution is -2.48. The zero-order chi connectivity index (χ0) is 12.8. The smallest absolute Gasteiger partial charge is 0.242 e. The Kier molecular flexibility index (Phi) is 4.99. The quantitative estimate of drug-likeness (QED) is 0.675. The first kappa shape index (κ1) is 13.3. The van der Waals surface area contributed by atoms with E-state index in [1.807, 2.05) is 0 Å². The minimum absolute atomic E-state index is 0.0401. The lowest BCUT2D eigenvalue weighted by molar-refractivity contribution is -0.128. The van der Waals surface area contributed by atoms with Gasteiger partial charge in [-0.05, 0) is 32.1 Å². The van der Waals surface area contributed by atoms with Gasteiger partial charge in [0, 0.05) is 12.6 Å². The molecule has 1 unspecified atom stereocenters. The highest BCUT2D eigenvalue weighted by Gasteiger charge is 2.22. The lowest BCUT2D eigenvalue weighted by atomic mass is 10.1. The lowest BCUT2D eigenvalue weighted by Gasteiger charge is -2.17. The second kappa shape index (κ2) is 6.73. The van der Waals surface area contributed by atoms with E-state index in [4.69, 9.17) is 0 Å². The minimum atomic E-state index is -0.342. The van der Waals surface area contributed by atoms with Crippen LogP contribution in [0.25, 0.3) is 0 Å². The third kappa shape index (κ3) is 3.98. The van der Waals surface area contributed by atoms with Gasteiger partial charge < -0.3 is 16.0 Å². The summed E-state index contributed by atoms with van der Waals surface area (Å²) < 4.78 is 0. The van der Waals surface area contributed by atoms with E-state index in [0.29, 0.717) is 12.6 Å². The fourth-order valence-corrected chi connectivity index (χ4v) is 2.69. The Balaban J connectivity index is 1.70. The zero-order valence-electron chi connectivity index (χ0n) is 10.8. The van der Waals surface area contributed by atoms with Crippen LogP contribution < -0.4 is 16.0 Å². The van der Waals surface area contributed by atoms with Crippen molar-refractivity contribution in [2.45, 2.75) is 57.0 Å². The van der Waals surface area contributed by atoms with Gasteiger partial charge in [-0.1, -0.05) is 12.8 Å². The van der Waals surface area contributed by atoms with E-state index in [-0.39, 0.29) is 17.9 Å². The minimum Gasteiger partial charge on any atom is -0.354 e. The molecule has 0 bridgehead atoms. The Labute approximate surface area is 108 Å². The number of nitrogens with one attached hydrogen (secondary N) is 3. The molecule has 2 rings (SSSR count). The van der Waals surface area contributed by atoms with Crippen LogP contribution in [0.5, 0.6) is 0 Å². The molecule has 1 heterocycles. The van der Waals surface area contributed by atoms with Gasteiger partial charge in [0.2, 0.25) is 11.8 Å². The summed E-state index contributed by atoms with van der Waals surface area (Å²) in [6.45, 7) is 1.06. The van der Waals surface area contributed by atoms with E-state index in [2.05, 4.69) is 16.0 Å². The number of carbonyl (C=O) groups is 2. The van der Waals surface area contributed by atoms with Crippen LogP contribution >= 0.6 is 0 Å². The third-order valence-corrected chi connectivity index (χ3v) is 3.78. The van der Waals surface area contributed by atoms with Gasteiger partial charge in [-0.3, -0.25) is 9.59 Å². The van der Waals surface area contributed by atoms with Crippen molar-refractivity contribution in [3.8, 4) is 0 Å². The van der Waals surface area contributed by atoms with Crippen molar-refractivity contribution in [2.75, 3.05) is 13.1 Å². The van der Waals surface area contributed by atoms with Crippen LogP contribution in [0.3, 0.4) is 0 Å². The predicted molar refractivity (Wildman–Crippen MR) is 69.1 cm³/mol. The molecule has 102 valence electrons. The van der Waals surface area contributed by atoms with E-state index < -0.39 is 0 Å². The number of carbonyl (C=O) groups excluding carboxylic acids is 2. The first-order valence-corrected chi connectivity index (χ1v) is 7.06. The largest absolute Gasteiger partial charge is 0.354 e. The SMILES string of the molecule is O=C(CNC1CCCC1)NC1CCCCNC1=O. The van der Waals surface area contributed by atoms with E-state index >= 15 is 0 Å². The highest BCUT2D eigenvalue weighted by atomic mass is 16.2. The van der Waals surface area contributed by atoms with Crippen LogP contribution in [0.1, 0.15) is 44.9 Å². The van der Waals surface area contributed by atoms with Crippen molar-refractivity contribution in [3.63, 3.8) is 0 Å². The van der Waals surface area contributed by atoms with Gasteiger partial charge in [0.05, 0.1) is 6.54 Å². The number of rotatable bonds is 4. The monoisotopic (exact) mass is 253 g/mol. The molecule has 5 nitrogen and oxygen atoms in total. The van der Waals surface area contributed by atoms with Crippen LogP contribution in [0.2, 0.25) is 0 Å². The van der Waals surface area contributed by atoms with E-state index in [0.717, 1.165) is 38.6 Å². The van der Waals surface area contributed by atoms with Crippen LogP contribution in [-0.2, 0) is 9.59 Å². The highest BCUT2D eigenvalue weighted by molar-refractivity contribution is 5.88. The van der Waals surface area contributed by atoms with Crippen molar-refractivity contribution in [3.05, 3.63) is 0 Å². The van der Waals surface area contributed by atoms with E-state index in [1.54, 1.807) is 0 Å². The molecule has 2 fully saturated rings. The van der Waals surface area contributed by atoms with Gasteiger partial charge in [-0.2, -0.15) is 0 Å². The molecule has 2 amide bonds. The molecule has 1 atom stereocenters. The Hall–Kier alpha value is -1.10. The van der Waals surface area contributed by atoms with Crippen molar-refractivity contribution in [1.29, 1.82) is 0 Å². The summed E-state index contributed by atoms with van der Waals surface area (Å²) in [4.78, 5) is 23.4. The maximum Gasteiger partial charge on any atom is 0.242 e. The molecule has 1 aliphatic heterocycles. The second-order valence-electron chi connectivity index (χ2n) is 5.27. The Morgan fingerprint density at radius 1 is 1.17 bits per heavy atom. The molecular formula is C13H23N3O2. The van der Waals surface area contributed by atoms with Gasteiger partial charge in [-0.25, -0.2) is 0 Å². The maximum atomic E-state index is 11.8. The molecule has 1 saturated carbocycles. The summed E-state index contributed by atoms with van der Waals surface area (Å²) >= 11 is 0. The van der Waals surface area contributed by atoms with Crippen molar-refractivity contribution < 1.29 is 9.59 Å². The molecular weight excluding hydrogens is 230 g/mol. The summed E-state index contributed by atoms with van der Waals surface area (Å²) in [5.74, 6) is -0.106. The molecule has 18 heavy (non-hydrogen) atoms. The average Bonchev–Trinajstić information content (AvgIpc) is 2.80. The second-order valence-corrected chi connectivity index (χ2v) is 5.27. The van der Waals surface area contributed by atoms with E-state index in [1.165, 1.54) is 12.8 Å². The normalized spacial score (nSPS) is 25.6. The molecule has 2 aliphatic rings. The fourth-order valence-electron chi connectivity index (χ4n) is 2.69. The number of hydrogen-bond donors (Lipinski definition) is 3. The van der Waals surface area contributed by atoms with Crippen LogP contribution in [0.4, 0.5) is 0 Å². The molecule has 0 spiro atoms. The molecule has 0 radical (unpaired) electrons. The summed E-state index contributed by atoms with van der Waals surface area (Å²) in [6.07, 6.45) is 7.57. The van der Waals surface area contributed by atoms with Crippen molar-refractivity contribution in [1.82, 2.24) is 16.0 Å². The number of hydrogen-bond acceptors (Lipinski definition) is 3. The van der Waals surface area contributed by atoms with Gasteiger partial charge in [0.25, 0.3) is 0 Å². The summed E-state index contributed by atoms with van der Waals surface area (Å²) in [5, 5.41) is 8.90. The van der Waals surface area contributed by atoms with Crippen LogP contribution in [0.15, 0.2) is 0 Å².